The third-order valence-electron chi connectivity index (χ3n) is 3.72. The third-order valence-corrected chi connectivity index (χ3v) is 4.70. The first-order valence-electron chi connectivity index (χ1n) is 7.53. The largest absolute Gasteiger partial charge is 0.444 e. The van der Waals surface area contributed by atoms with Gasteiger partial charge in [0.25, 0.3) is 0 Å². The summed E-state index contributed by atoms with van der Waals surface area (Å²) in [7, 11) is -3.86. The summed E-state index contributed by atoms with van der Waals surface area (Å²) in [6.45, 7) is 0.395. The van der Waals surface area contributed by atoms with Crippen LogP contribution in [0.1, 0.15) is 37.7 Å². The maximum Gasteiger partial charge on any atom is 0.422 e. The predicted octanol–water partition coefficient (Wildman–Crippen LogP) is 2.33. The van der Waals surface area contributed by atoms with Crippen LogP contribution in [-0.4, -0.2) is 21.1 Å². The molecular weight excluding hydrogens is 304 g/mol. The number of ether oxygens (including phenoxy) is 1. The van der Waals surface area contributed by atoms with Crippen LogP contribution in [0.15, 0.2) is 30.3 Å². The first-order chi connectivity index (χ1) is 10.6. The Kier molecular flexibility index (Phi) is 6.21. The first kappa shape index (κ1) is 16.8. The van der Waals surface area contributed by atoms with Crippen molar-refractivity contribution in [3.8, 4) is 0 Å². The Morgan fingerprint density at radius 3 is 2.50 bits per heavy atom. The van der Waals surface area contributed by atoms with Crippen molar-refractivity contribution in [3.05, 3.63) is 35.9 Å². The fourth-order valence-electron chi connectivity index (χ4n) is 2.52. The number of hydrogen-bond acceptors (Lipinski definition) is 4. The highest BCUT2D eigenvalue weighted by atomic mass is 32.2. The highest BCUT2D eigenvalue weighted by Gasteiger charge is 2.19. The van der Waals surface area contributed by atoms with Gasteiger partial charge in [-0.05, 0) is 24.3 Å². The second kappa shape index (κ2) is 8.14. The number of carbonyl (C=O) groups is 1. The van der Waals surface area contributed by atoms with Crippen LogP contribution >= 0.6 is 0 Å². The van der Waals surface area contributed by atoms with Gasteiger partial charge in [-0.2, -0.15) is 13.1 Å². The summed E-state index contributed by atoms with van der Waals surface area (Å²) in [5, 5.41) is 0. The molecule has 1 aromatic rings. The number of carbonyl (C=O) groups excluding carboxylic acids is 1. The summed E-state index contributed by atoms with van der Waals surface area (Å²) in [5.74, 6) is 0.352. The van der Waals surface area contributed by atoms with E-state index in [9.17, 15) is 13.2 Å². The quantitative estimate of drug-likeness (QED) is 0.840. The van der Waals surface area contributed by atoms with E-state index >= 15 is 0 Å². The smallest absolute Gasteiger partial charge is 0.422 e. The number of nitrogens with one attached hydrogen (secondary N) is 2. The average Bonchev–Trinajstić information content (AvgIpc) is 2.53. The minimum Gasteiger partial charge on any atom is -0.444 e. The van der Waals surface area contributed by atoms with E-state index in [1.165, 1.54) is 6.42 Å². The van der Waals surface area contributed by atoms with E-state index < -0.39 is 16.3 Å². The normalized spacial score (nSPS) is 16.2. The number of rotatable bonds is 6. The monoisotopic (exact) mass is 326 g/mol. The molecule has 1 saturated carbocycles. The van der Waals surface area contributed by atoms with Crippen molar-refractivity contribution in [2.75, 3.05) is 6.54 Å². The molecule has 1 amide bonds. The molecule has 0 unspecified atom stereocenters. The van der Waals surface area contributed by atoms with Crippen LogP contribution in [0.3, 0.4) is 0 Å². The molecule has 2 N–H and O–H groups in total. The van der Waals surface area contributed by atoms with Gasteiger partial charge in [0.1, 0.15) is 6.61 Å². The summed E-state index contributed by atoms with van der Waals surface area (Å²) in [6, 6.07) is 9.08. The maximum atomic E-state index is 11.8. The van der Waals surface area contributed by atoms with Gasteiger partial charge in [-0.3, -0.25) is 0 Å². The standard InChI is InChI=1S/C15H22N2O4S/c18-15(21-12-14-9-5-2-6-10-14)17-22(19,20)16-11-13-7-3-1-4-8-13/h2,5-6,9-10,13,16H,1,3-4,7-8,11-12H2,(H,17,18). The van der Waals surface area contributed by atoms with Crippen LogP contribution in [0, 0.1) is 5.92 Å². The van der Waals surface area contributed by atoms with Crippen LogP contribution in [-0.2, 0) is 21.6 Å². The van der Waals surface area contributed by atoms with Crippen molar-refractivity contribution in [1.29, 1.82) is 0 Å². The zero-order chi connectivity index (χ0) is 15.8. The van der Waals surface area contributed by atoms with E-state index in [0.717, 1.165) is 31.2 Å². The second-order valence-corrected chi connectivity index (χ2v) is 7.02. The van der Waals surface area contributed by atoms with E-state index in [0.29, 0.717) is 12.5 Å². The van der Waals surface area contributed by atoms with Crippen LogP contribution in [0.4, 0.5) is 4.79 Å². The molecule has 0 atom stereocenters. The van der Waals surface area contributed by atoms with Crippen molar-refractivity contribution in [2.45, 2.75) is 38.7 Å². The molecule has 22 heavy (non-hydrogen) atoms. The lowest BCUT2D eigenvalue weighted by atomic mass is 9.90. The fourth-order valence-corrected chi connectivity index (χ4v) is 3.32. The Hall–Kier alpha value is -1.60. The minimum absolute atomic E-state index is 0.0326. The number of benzene rings is 1. The average molecular weight is 326 g/mol. The maximum absolute atomic E-state index is 11.8. The molecule has 0 radical (unpaired) electrons. The molecule has 1 fully saturated rings. The van der Waals surface area contributed by atoms with Gasteiger partial charge in [-0.15, -0.1) is 0 Å². The summed E-state index contributed by atoms with van der Waals surface area (Å²) in [5.41, 5.74) is 0.796. The molecule has 122 valence electrons. The molecule has 2 rings (SSSR count). The van der Waals surface area contributed by atoms with E-state index in [2.05, 4.69) is 4.72 Å². The summed E-state index contributed by atoms with van der Waals surface area (Å²) >= 11 is 0. The molecule has 1 aliphatic rings. The van der Waals surface area contributed by atoms with Gasteiger partial charge in [0.2, 0.25) is 0 Å². The van der Waals surface area contributed by atoms with E-state index in [4.69, 9.17) is 4.74 Å². The Bertz CT molecular complexity index is 568. The summed E-state index contributed by atoms with van der Waals surface area (Å²) < 4.78 is 32.7. The van der Waals surface area contributed by atoms with Crippen LogP contribution in [0.2, 0.25) is 0 Å². The molecule has 0 bridgehead atoms. The fraction of sp³-hybridized carbons (Fsp3) is 0.533. The van der Waals surface area contributed by atoms with Gasteiger partial charge in [0, 0.05) is 6.54 Å². The van der Waals surface area contributed by atoms with Crippen LogP contribution in [0.5, 0.6) is 0 Å². The van der Waals surface area contributed by atoms with Crippen molar-refractivity contribution in [3.63, 3.8) is 0 Å². The Morgan fingerprint density at radius 1 is 1.14 bits per heavy atom. The van der Waals surface area contributed by atoms with Crippen molar-refractivity contribution in [1.82, 2.24) is 9.44 Å². The second-order valence-electron chi connectivity index (χ2n) is 5.52. The highest BCUT2D eigenvalue weighted by Crippen LogP contribution is 2.22. The molecule has 6 nitrogen and oxygen atoms in total. The zero-order valence-electron chi connectivity index (χ0n) is 12.5. The topological polar surface area (TPSA) is 84.5 Å². The molecular formula is C15H22N2O4S. The molecule has 0 heterocycles. The summed E-state index contributed by atoms with van der Waals surface area (Å²) in [4.78, 5) is 11.5. The molecule has 1 aliphatic carbocycles. The van der Waals surface area contributed by atoms with Gasteiger partial charge >= 0.3 is 16.3 Å². The minimum atomic E-state index is -3.86. The zero-order valence-corrected chi connectivity index (χ0v) is 13.3. The lowest BCUT2D eigenvalue weighted by Crippen LogP contribution is -2.42. The molecule has 0 aromatic heterocycles. The summed E-state index contributed by atoms with van der Waals surface area (Å²) in [6.07, 6.45) is 4.58. The Labute approximate surface area is 131 Å². The Balaban J connectivity index is 1.72. The van der Waals surface area contributed by atoms with Crippen molar-refractivity contribution < 1.29 is 17.9 Å². The van der Waals surface area contributed by atoms with Gasteiger partial charge in [-0.25, -0.2) is 9.52 Å². The predicted molar refractivity (Wildman–Crippen MR) is 83.3 cm³/mol. The lowest BCUT2D eigenvalue weighted by Gasteiger charge is -2.21. The molecule has 0 spiro atoms. The number of hydrogen-bond donors (Lipinski definition) is 2. The van der Waals surface area contributed by atoms with Gasteiger partial charge in [0.05, 0.1) is 0 Å². The molecule has 0 aliphatic heterocycles. The molecule has 0 saturated heterocycles. The van der Waals surface area contributed by atoms with Gasteiger partial charge < -0.3 is 4.74 Å². The lowest BCUT2D eigenvalue weighted by molar-refractivity contribution is 0.146. The van der Waals surface area contributed by atoms with Crippen LogP contribution < -0.4 is 9.44 Å². The number of amides is 1. The van der Waals surface area contributed by atoms with Crippen LogP contribution in [0.25, 0.3) is 0 Å². The van der Waals surface area contributed by atoms with E-state index in [1.54, 1.807) is 12.1 Å². The van der Waals surface area contributed by atoms with E-state index in [-0.39, 0.29) is 6.61 Å². The highest BCUT2D eigenvalue weighted by molar-refractivity contribution is 7.88. The van der Waals surface area contributed by atoms with Gasteiger partial charge in [-0.1, -0.05) is 49.6 Å². The first-order valence-corrected chi connectivity index (χ1v) is 9.01. The Morgan fingerprint density at radius 2 is 1.82 bits per heavy atom. The van der Waals surface area contributed by atoms with E-state index in [1.807, 2.05) is 22.9 Å². The molecule has 1 aromatic carbocycles. The molecule has 7 heteroatoms. The third kappa shape index (κ3) is 6.03. The van der Waals surface area contributed by atoms with Gasteiger partial charge in [0.15, 0.2) is 0 Å². The van der Waals surface area contributed by atoms with Crippen molar-refractivity contribution >= 4 is 16.3 Å². The van der Waals surface area contributed by atoms with Crippen molar-refractivity contribution in [2.24, 2.45) is 5.92 Å². The SMILES string of the molecule is O=C(NS(=O)(=O)NCC1CCCCC1)OCc1ccccc1.